The first-order valence-corrected chi connectivity index (χ1v) is 7.05. The molecule has 110 valence electrons. The standard InChI is InChI=1S/C15H20ClNO3/c1-4-15(5-2,11-6-8-12(16)9-7-11)14(20)17-10(3)13(18)19/h6-10H,4-5H2,1-3H3,(H,17,20)(H,18,19)/t10-/m1/s1. The summed E-state index contributed by atoms with van der Waals surface area (Å²) in [4.78, 5) is 23.4. The second-order valence-electron chi connectivity index (χ2n) is 4.83. The van der Waals surface area contributed by atoms with Crippen molar-refractivity contribution in [3.8, 4) is 0 Å². The topological polar surface area (TPSA) is 66.4 Å². The van der Waals surface area contributed by atoms with Gasteiger partial charge in [-0.1, -0.05) is 37.6 Å². The van der Waals surface area contributed by atoms with Crippen molar-refractivity contribution in [1.82, 2.24) is 5.32 Å². The predicted molar refractivity (Wildman–Crippen MR) is 79.0 cm³/mol. The Balaban J connectivity index is 3.11. The maximum absolute atomic E-state index is 12.5. The number of rotatable bonds is 6. The first kappa shape index (κ1) is 16.5. The van der Waals surface area contributed by atoms with Gasteiger partial charge in [-0.05, 0) is 37.5 Å². The molecule has 0 heterocycles. The van der Waals surface area contributed by atoms with Gasteiger partial charge in [0.25, 0.3) is 0 Å². The summed E-state index contributed by atoms with van der Waals surface area (Å²) in [7, 11) is 0. The van der Waals surface area contributed by atoms with Crippen molar-refractivity contribution >= 4 is 23.5 Å². The van der Waals surface area contributed by atoms with Gasteiger partial charge in [0.1, 0.15) is 6.04 Å². The normalized spacial score (nSPS) is 12.8. The molecule has 4 nitrogen and oxygen atoms in total. The maximum Gasteiger partial charge on any atom is 0.325 e. The zero-order valence-corrected chi connectivity index (χ0v) is 12.7. The summed E-state index contributed by atoms with van der Waals surface area (Å²) in [5, 5.41) is 12.1. The molecule has 0 fully saturated rings. The van der Waals surface area contributed by atoms with Crippen LogP contribution in [0.3, 0.4) is 0 Å². The molecular weight excluding hydrogens is 278 g/mol. The molecular formula is C15H20ClNO3. The second kappa shape index (κ2) is 6.75. The van der Waals surface area contributed by atoms with E-state index in [2.05, 4.69) is 5.32 Å². The van der Waals surface area contributed by atoms with Crippen molar-refractivity contribution < 1.29 is 14.7 Å². The summed E-state index contributed by atoms with van der Waals surface area (Å²) in [6.45, 7) is 5.30. The van der Waals surface area contributed by atoms with Gasteiger partial charge < -0.3 is 10.4 Å². The zero-order chi connectivity index (χ0) is 15.3. The number of benzene rings is 1. The first-order valence-electron chi connectivity index (χ1n) is 6.67. The molecule has 1 rings (SSSR count). The molecule has 1 aromatic carbocycles. The molecule has 0 aliphatic carbocycles. The average Bonchev–Trinajstić information content (AvgIpc) is 2.42. The van der Waals surface area contributed by atoms with Crippen LogP contribution in [0.2, 0.25) is 5.02 Å². The van der Waals surface area contributed by atoms with Gasteiger partial charge in [0.05, 0.1) is 5.41 Å². The van der Waals surface area contributed by atoms with Gasteiger partial charge in [0.2, 0.25) is 5.91 Å². The molecule has 0 bridgehead atoms. The molecule has 5 heteroatoms. The van der Waals surface area contributed by atoms with Crippen LogP contribution in [0.1, 0.15) is 39.2 Å². The number of hydrogen-bond acceptors (Lipinski definition) is 2. The smallest absolute Gasteiger partial charge is 0.325 e. The third-order valence-electron chi connectivity index (χ3n) is 3.76. The van der Waals surface area contributed by atoms with E-state index in [4.69, 9.17) is 16.7 Å². The predicted octanol–water partition coefficient (Wildman–Crippen LogP) is 2.99. The summed E-state index contributed by atoms with van der Waals surface area (Å²) in [6.07, 6.45) is 1.17. The Labute approximate surface area is 124 Å². The Bertz CT molecular complexity index is 480. The molecule has 1 aromatic rings. The second-order valence-corrected chi connectivity index (χ2v) is 5.27. The van der Waals surface area contributed by atoms with Crippen LogP contribution in [0, 0.1) is 0 Å². The molecule has 2 N–H and O–H groups in total. The largest absolute Gasteiger partial charge is 0.480 e. The van der Waals surface area contributed by atoms with E-state index in [0.717, 1.165) is 5.56 Å². The quantitative estimate of drug-likeness (QED) is 0.848. The van der Waals surface area contributed by atoms with E-state index in [1.807, 2.05) is 26.0 Å². The van der Waals surface area contributed by atoms with Gasteiger partial charge in [-0.2, -0.15) is 0 Å². The van der Waals surface area contributed by atoms with Gasteiger partial charge >= 0.3 is 5.97 Å². The van der Waals surface area contributed by atoms with Gasteiger partial charge in [-0.25, -0.2) is 0 Å². The van der Waals surface area contributed by atoms with E-state index < -0.39 is 17.4 Å². The number of carbonyl (C=O) groups is 2. The minimum atomic E-state index is -1.05. The SMILES string of the molecule is CCC(CC)(C(=O)N[C@H](C)C(=O)O)c1ccc(Cl)cc1. The number of halogens is 1. The van der Waals surface area contributed by atoms with Crippen LogP contribution in [-0.2, 0) is 15.0 Å². The fourth-order valence-electron chi connectivity index (χ4n) is 2.28. The molecule has 0 aliphatic heterocycles. The molecule has 1 atom stereocenters. The van der Waals surface area contributed by atoms with Crippen LogP contribution < -0.4 is 5.32 Å². The lowest BCUT2D eigenvalue weighted by molar-refractivity contribution is -0.142. The van der Waals surface area contributed by atoms with Crippen molar-refractivity contribution in [1.29, 1.82) is 0 Å². The Morgan fingerprint density at radius 1 is 1.25 bits per heavy atom. The lowest BCUT2D eigenvalue weighted by atomic mass is 9.75. The highest BCUT2D eigenvalue weighted by molar-refractivity contribution is 6.30. The van der Waals surface area contributed by atoms with E-state index in [9.17, 15) is 9.59 Å². The highest BCUT2D eigenvalue weighted by Gasteiger charge is 2.37. The highest BCUT2D eigenvalue weighted by Crippen LogP contribution is 2.32. The Morgan fingerprint density at radius 3 is 2.15 bits per heavy atom. The lowest BCUT2D eigenvalue weighted by Crippen LogP contribution is -2.49. The molecule has 0 aliphatic rings. The fraction of sp³-hybridized carbons (Fsp3) is 0.467. The number of carbonyl (C=O) groups excluding carboxylic acids is 1. The average molecular weight is 298 g/mol. The van der Waals surface area contributed by atoms with Gasteiger partial charge in [0.15, 0.2) is 0 Å². The first-order chi connectivity index (χ1) is 9.37. The van der Waals surface area contributed by atoms with E-state index in [0.29, 0.717) is 17.9 Å². The number of carboxylic acids is 1. The van der Waals surface area contributed by atoms with Crippen molar-refractivity contribution in [3.63, 3.8) is 0 Å². The lowest BCUT2D eigenvalue weighted by Gasteiger charge is -2.31. The Morgan fingerprint density at radius 2 is 1.75 bits per heavy atom. The molecule has 0 unspecified atom stereocenters. The van der Waals surface area contributed by atoms with Crippen LogP contribution in [0.4, 0.5) is 0 Å². The number of nitrogens with one attached hydrogen (secondary N) is 1. The molecule has 0 aromatic heterocycles. The number of aliphatic carboxylic acids is 1. The van der Waals surface area contributed by atoms with E-state index in [1.54, 1.807) is 12.1 Å². The van der Waals surface area contributed by atoms with E-state index >= 15 is 0 Å². The molecule has 0 radical (unpaired) electrons. The van der Waals surface area contributed by atoms with Crippen molar-refractivity contribution in [2.75, 3.05) is 0 Å². The maximum atomic E-state index is 12.5. The minimum absolute atomic E-state index is 0.264. The fourth-order valence-corrected chi connectivity index (χ4v) is 2.40. The minimum Gasteiger partial charge on any atom is -0.480 e. The summed E-state index contributed by atoms with van der Waals surface area (Å²) in [5.74, 6) is -1.31. The van der Waals surface area contributed by atoms with Crippen LogP contribution in [-0.4, -0.2) is 23.0 Å². The van der Waals surface area contributed by atoms with Crippen molar-refractivity contribution in [2.45, 2.75) is 45.1 Å². The van der Waals surface area contributed by atoms with Crippen molar-refractivity contribution in [3.05, 3.63) is 34.9 Å². The van der Waals surface area contributed by atoms with Crippen LogP contribution in [0.5, 0.6) is 0 Å². The van der Waals surface area contributed by atoms with Crippen LogP contribution in [0.25, 0.3) is 0 Å². The summed E-state index contributed by atoms with van der Waals surface area (Å²) in [5.41, 5.74) is 0.121. The van der Waals surface area contributed by atoms with Gasteiger partial charge in [-0.15, -0.1) is 0 Å². The Kier molecular flexibility index (Phi) is 5.57. The van der Waals surface area contributed by atoms with Crippen molar-refractivity contribution in [2.24, 2.45) is 0 Å². The summed E-state index contributed by atoms with van der Waals surface area (Å²) < 4.78 is 0. The zero-order valence-electron chi connectivity index (χ0n) is 11.9. The molecule has 20 heavy (non-hydrogen) atoms. The number of hydrogen-bond donors (Lipinski definition) is 2. The summed E-state index contributed by atoms with van der Waals surface area (Å²) in [6, 6.07) is 6.21. The third kappa shape index (κ3) is 3.31. The van der Waals surface area contributed by atoms with Gasteiger partial charge in [0, 0.05) is 5.02 Å². The molecule has 0 saturated heterocycles. The van der Waals surface area contributed by atoms with E-state index in [-0.39, 0.29) is 5.91 Å². The third-order valence-corrected chi connectivity index (χ3v) is 4.01. The highest BCUT2D eigenvalue weighted by atomic mass is 35.5. The molecule has 0 spiro atoms. The number of carboxylic acid groups (broad SMARTS) is 1. The summed E-state index contributed by atoms with van der Waals surface area (Å²) >= 11 is 5.88. The van der Waals surface area contributed by atoms with Gasteiger partial charge in [-0.3, -0.25) is 9.59 Å². The molecule has 0 saturated carbocycles. The monoisotopic (exact) mass is 297 g/mol. The van der Waals surface area contributed by atoms with E-state index in [1.165, 1.54) is 6.92 Å². The van der Waals surface area contributed by atoms with Crippen LogP contribution >= 0.6 is 11.6 Å². The number of amides is 1. The Hall–Kier alpha value is -1.55. The van der Waals surface area contributed by atoms with Crippen LogP contribution in [0.15, 0.2) is 24.3 Å². The molecule has 1 amide bonds.